The second-order valence-corrected chi connectivity index (χ2v) is 6.49. The zero-order valence-corrected chi connectivity index (χ0v) is 15.2. The van der Waals surface area contributed by atoms with Crippen LogP contribution in [0, 0.1) is 23.0 Å². The van der Waals surface area contributed by atoms with E-state index in [-0.39, 0.29) is 30.5 Å². The lowest BCUT2D eigenvalue weighted by atomic mass is 10.1. The first kappa shape index (κ1) is 19.8. The molecule has 26 heavy (non-hydrogen) atoms. The number of nitrogens with zero attached hydrogens (tertiary/aromatic N) is 2. The average molecular weight is 363 g/mol. The number of carbonyl (C=O) groups excluding carboxylic acids is 2. The smallest absolute Gasteiger partial charge is 0.307 e. The molecule has 1 N–H and O–H groups in total. The van der Waals surface area contributed by atoms with Crippen molar-refractivity contribution in [2.75, 3.05) is 31.6 Å². The number of anilines is 1. The predicted octanol–water partition coefficient (Wildman–Crippen LogP) is 2.51. The molecule has 1 saturated carbocycles. The SMILES string of the molecule is CCOC(=O)CCN(CC(=O)Nc1cccc([N+](=O)[O-])c1C)CC1CC1. The summed E-state index contributed by atoms with van der Waals surface area (Å²) >= 11 is 0. The van der Waals surface area contributed by atoms with Crippen LogP contribution in [0.25, 0.3) is 0 Å². The third kappa shape index (κ3) is 6.11. The minimum absolute atomic E-state index is 0.0278. The minimum atomic E-state index is -0.469. The maximum Gasteiger partial charge on any atom is 0.307 e. The number of benzene rings is 1. The molecule has 142 valence electrons. The Kier molecular flexibility index (Phi) is 7.08. The van der Waals surface area contributed by atoms with Gasteiger partial charge in [0.25, 0.3) is 5.69 Å². The highest BCUT2D eigenvalue weighted by Gasteiger charge is 2.26. The van der Waals surface area contributed by atoms with Crippen LogP contribution in [-0.4, -0.2) is 47.9 Å². The molecule has 8 heteroatoms. The van der Waals surface area contributed by atoms with Crippen molar-refractivity contribution in [1.29, 1.82) is 0 Å². The molecule has 1 fully saturated rings. The number of rotatable bonds is 10. The number of carbonyl (C=O) groups is 2. The first-order valence-corrected chi connectivity index (χ1v) is 8.82. The molecule has 0 aromatic heterocycles. The van der Waals surface area contributed by atoms with Crippen molar-refractivity contribution in [3.63, 3.8) is 0 Å². The van der Waals surface area contributed by atoms with Gasteiger partial charge < -0.3 is 10.1 Å². The molecule has 0 saturated heterocycles. The van der Waals surface area contributed by atoms with Gasteiger partial charge in [0.05, 0.1) is 35.7 Å². The molecule has 0 atom stereocenters. The number of nitrogens with one attached hydrogen (secondary N) is 1. The highest BCUT2D eigenvalue weighted by molar-refractivity contribution is 5.93. The standard InChI is InChI=1S/C18H25N3O5/c1-3-26-18(23)9-10-20(11-14-7-8-14)12-17(22)19-15-5-4-6-16(13(15)2)21(24)25/h4-6,14H,3,7-12H2,1-2H3,(H,19,22). The van der Waals surface area contributed by atoms with Crippen LogP contribution in [0.1, 0.15) is 31.7 Å². The lowest BCUT2D eigenvalue weighted by Gasteiger charge is -2.21. The summed E-state index contributed by atoms with van der Waals surface area (Å²) in [6.45, 7) is 5.06. The van der Waals surface area contributed by atoms with Gasteiger partial charge in [0, 0.05) is 19.2 Å². The van der Waals surface area contributed by atoms with Gasteiger partial charge in [0.15, 0.2) is 0 Å². The summed E-state index contributed by atoms with van der Waals surface area (Å²) in [5.41, 5.74) is 0.826. The van der Waals surface area contributed by atoms with Crippen molar-refractivity contribution >= 4 is 23.3 Å². The van der Waals surface area contributed by atoms with E-state index in [0.29, 0.717) is 30.3 Å². The molecule has 1 amide bonds. The highest BCUT2D eigenvalue weighted by Crippen LogP contribution is 2.30. The van der Waals surface area contributed by atoms with Crippen LogP contribution >= 0.6 is 0 Å². The Morgan fingerprint density at radius 1 is 1.38 bits per heavy atom. The molecule has 0 aliphatic heterocycles. The Morgan fingerprint density at radius 3 is 2.73 bits per heavy atom. The molecule has 1 aliphatic rings. The van der Waals surface area contributed by atoms with Crippen molar-refractivity contribution in [3.05, 3.63) is 33.9 Å². The van der Waals surface area contributed by atoms with Crippen molar-refractivity contribution in [2.24, 2.45) is 5.92 Å². The van der Waals surface area contributed by atoms with Crippen molar-refractivity contribution < 1.29 is 19.2 Å². The molecule has 1 aliphatic carbocycles. The minimum Gasteiger partial charge on any atom is -0.466 e. The van der Waals surface area contributed by atoms with E-state index in [1.54, 1.807) is 26.0 Å². The first-order valence-electron chi connectivity index (χ1n) is 8.82. The predicted molar refractivity (Wildman–Crippen MR) is 96.9 cm³/mol. The van der Waals surface area contributed by atoms with Crippen molar-refractivity contribution in [2.45, 2.75) is 33.1 Å². The number of ether oxygens (including phenoxy) is 1. The number of hydrogen-bond acceptors (Lipinski definition) is 6. The third-order valence-electron chi connectivity index (χ3n) is 4.29. The molecule has 0 spiro atoms. The van der Waals surface area contributed by atoms with Crippen LogP contribution in [-0.2, 0) is 14.3 Å². The van der Waals surface area contributed by atoms with Gasteiger partial charge in [0.1, 0.15) is 0 Å². The van der Waals surface area contributed by atoms with Gasteiger partial charge in [-0.15, -0.1) is 0 Å². The normalized spacial score (nSPS) is 13.5. The molecule has 1 aromatic carbocycles. The van der Waals surface area contributed by atoms with E-state index in [9.17, 15) is 19.7 Å². The molecule has 0 heterocycles. The Bertz CT molecular complexity index is 673. The second kappa shape index (κ2) is 9.28. The fourth-order valence-electron chi connectivity index (χ4n) is 2.73. The lowest BCUT2D eigenvalue weighted by Crippen LogP contribution is -2.36. The van der Waals surface area contributed by atoms with E-state index in [1.807, 2.05) is 4.90 Å². The Morgan fingerprint density at radius 2 is 2.12 bits per heavy atom. The lowest BCUT2D eigenvalue weighted by molar-refractivity contribution is -0.385. The zero-order valence-electron chi connectivity index (χ0n) is 15.2. The second-order valence-electron chi connectivity index (χ2n) is 6.49. The molecular weight excluding hydrogens is 338 g/mol. The topological polar surface area (TPSA) is 102 Å². The highest BCUT2D eigenvalue weighted by atomic mass is 16.6. The largest absolute Gasteiger partial charge is 0.466 e. The summed E-state index contributed by atoms with van der Waals surface area (Å²) in [6, 6.07) is 4.59. The molecule has 2 rings (SSSR count). The van der Waals surface area contributed by atoms with Gasteiger partial charge in [-0.2, -0.15) is 0 Å². The monoisotopic (exact) mass is 363 g/mol. The van der Waals surface area contributed by atoms with Gasteiger partial charge in [-0.3, -0.25) is 24.6 Å². The van der Waals surface area contributed by atoms with Crippen LogP contribution in [0.2, 0.25) is 0 Å². The molecule has 1 aromatic rings. The van der Waals surface area contributed by atoms with Crippen LogP contribution in [0.4, 0.5) is 11.4 Å². The van der Waals surface area contributed by atoms with Crippen molar-refractivity contribution in [1.82, 2.24) is 4.90 Å². The van der Waals surface area contributed by atoms with Gasteiger partial charge in [-0.25, -0.2) is 0 Å². The summed E-state index contributed by atoms with van der Waals surface area (Å²) < 4.78 is 4.93. The van der Waals surface area contributed by atoms with Crippen LogP contribution in [0.5, 0.6) is 0 Å². The number of amides is 1. The maximum absolute atomic E-state index is 12.4. The van der Waals surface area contributed by atoms with Crippen LogP contribution in [0.3, 0.4) is 0 Å². The van der Waals surface area contributed by atoms with E-state index in [4.69, 9.17) is 4.74 Å². The summed E-state index contributed by atoms with van der Waals surface area (Å²) in [5.74, 6) is 0.0471. The van der Waals surface area contributed by atoms with E-state index < -0.39 is 4.92 Å². The molecule has 0 radical (unpaired) electrons. The fourth-order valence-corrected chi connectivity index (χ4v) is 2.73. The molecular formula is C18H25N3O5. The number of nitro benzene ring substituents is 1. The van der Waals surface area contributed by atoms with Crippen LogP contribution in [0.15, 0.2) is 18.2 Å². The van der Waals surface area contributed by atoms with Gasteiger partial charge in [-0.1, -0.05) is 6.07 Å². The molecule has 0 bridgehead atoms. The van der Waals surface area contributed by atoms with Gasteiger partial charge >= 0.3 is 5.97 Å². The van der Waals surface area contributed by atoms with Crippen molar-refractivity contribution in [3.8, 4) is 0 Å². The summed E-state index contributed by atoms with van der Waals surface area (Å²) in [7, 11) is 0. The van der Waals surface area contributed by atoms with E-state index in [0.717, 1.165) is 19.4 Å². The Balaban J connectivity index is 1.95. The maximum atomic E-state index is 12.4. The summed E-state index contributed by atoms with van der Waals surface area (Å²) in [5, 5.41) is 13.8. The number of esters is 1. The average Bonchev–Trinajstić information content (AvgIpc) is 3.38. The van der Waals surface area contributed by atoms with Gasteiger partial charge in [-0.05, 0) is 38.7 Å². The first-order chi connectivity index (χ1) is 12.4. The van der Waals surface area contributed by atoms with Gasteiger partial charge in [0.2, 0.25) is 5.91 Å². The van der Waals surface area contributed by atoms with E-state index in [1.165, 1.54) is 6.07 Å². The molecule has 0 unspecified atom stereocenters. The van der Waals surface area contributed by atoms with Crippen LogP contribution < -0.4 is 5.32 Å². The quantitative estimate of drug-likeness (QED) is 0.389. The third-order valence-corrected chi connectivity index (χ3v) is 4.29. The summed E-state index contributed by atoms with van der Waals surface area (Å²) in [4.78, 5) is 36.4. The number of nitro groups is 1. The molecule has 8 nitrogen and oxygen atoms in total. The summed E-state index contributed by atoms with van der Waals surface area (Å²) in [6.07, 6.45) is 2.52. The zero-order chi connectivity index (χ0) is 19.1. The number of hydrogen-bond donors (Lipinski definition) is 1. The van der Waals surface area contributed by atoms with E-state index >= 15 is 0 Å². The fraction of sp³-hybridized carbons (Fsp3) is 0.556. The Hall–Kier alpha value is -2.48. The van der Waals surface area contributed by atoms with E-state index in [2.05, 4.69) is 5.32 Å². The Labute approximate surface area is 152 Å².